The highest BCUT2D eigenvalue weighted by Crippen LogP contribution is 2.28. The molecule has 146 valence electrons. The molecule has 2 fully saturated rings. The van der Waals surface area contributed by atoms with E-state index in [0.717, 1.165) is 30.9 Å². The van der Waals surface area contributed by atoms with Gasteiger partial charge in [0, 0.05) is 59.4 Å². The van der Waals surface area contributed by atoms with E-state index in [0.29, 0.717) is 5.92 Å². The Kier molecular flexibility index (Phi) is 8.50. The minimum Gasteiger partial charge on any atom is -0.356 e. The lowest BCUT2D eigenvalue weighted by Gasteiger charge is -2.34. The Labute approximate surface area is 155 Å². The normalized spacial score (nSPS) is 25.0. The van der Waals surface area contributed by atoms with Crippen molar-refractivity contribution < 1.29 is 0 Å². The predicted octanol–water partition coefficient (Wildman–Crippen LogP) is 2.20. The SMILES string of the molecule is CCC(CC)C1CCN(C(=NC)NCC(C)CN2CCN(C)CC2)C1. The van der Waals surface area contributed by atoms with Crippen molar-refractivity contribution in [1.82, 2.24) is 20.0 Å². The molecule has 5 heteroatoms. The Morgan fingerprint density at radius 1 is 1.12 bits per heavy atom. The maximum absolute atomic E-state index is 4.56. The molecule has 0 radical (unpaired) electrons. The summed E-state index contributed by atoms with van der Waals surface area (Å²) in [6, 6.07) is 0. The van der Waals surface area contributed by atoms with Crippen LogP contribution in [0.1, 0.15) is 40.0 Å². The van der Waals surface area contributed by atoms with E-state index in [2.05, 4.69) is 52.8 Å². The summed E-state index contributed by atoms with van der Waals surface area (Å²) in [4.78, 5) is 12.1. The molecule has 0 spiro atoms. The number of hydrogen-bond acceptors (Lipinski definition) is 3. The van der Waals surface area contributed by atoms with Crippen molar-refractivity contribution in [2.45, 2.75) is 40.0 Å². The first-order chi connectivity index (χ1) is 12.1. The number of aliphatic imine (C=N–C) groups is 1. The fourth-order valence-corrected chi connectivity index (χ4v) is 4.45. The number of guanidine groups is 1. The van der Waals surface area contributed by atoms with Crippen LogP contribution in [0.15, 0.2) is 4.99 Å². The molecule has 0 saturated carbocycles. The topological polar surface area (TPSA) is 34.1 Å². The average molecular weight is 352 g/mol. The Hall–Kier alpha value is -0.810. The van der Waals surface area contributed by atoms with E-state index in [9.17, 15) is 0 Å². The Morgan fingerprint density at radius 3 is 2.40 bits per heavy atom. The molecule has 0 aromatic rings. The summed E-state index contributed by atoms with van der Waals surface area (Å²) < 4.78 is 0. The van der Waals surface area contributed by atoms with Crippen LogP contribution in [0.2, 0.25) is 0 Å². The van der Waals surface area contributed by atoms with Gasteiger partial charge >= 0.3 is 0 Å². The molecule has 0 aromatic heterocycles. The van der Waals surface area contributed by atoms with Crippen LogP contribution in [0.3, 0.4) is 0 Å². The molecule has 0 amide bonds. The minimum atomic E-state index is 0.651. The summed E-state index contributed by atoms with van der Waals surface area (Å²) in [5.74, 6) is 3.48. The third-order valence-electron chi connectivity index (χ3n) is 6.23. The number of piperazine rings is 1. The Morgan fingerprint density at radius 2 is 1.80 bits per heavy atom. The number of nitrogens with zero attached hydrogens (tertiary/aromatic N) is 4. The van der Waals surface area contributed by atoms with Gasteiger partial charge in [-0.25, -0.2) is 0 Å². The van der Waals surface area contributed by atoms with Crippen molar-refractivity contribution in [2.75, 3.05) is 66.5 Å². The fraction of sp³-hybridized carbons (Fsp3) is 0.950. The zero-order chi connectivity index (χ0) is 18.2. The molecule has 25 heavy (non-hydrogen) atoms. The van der Waals surface area contributed by atoms with E-state index in [-0.39, 0.29) is 0 Å². The van der Waals surface area contributed by atoms with Crippen LogP contribution in [-0.4, -0.2) is 87.1 Å². The highest BCUT2D eigenvalue weighted by atomic mass is 15.3. The summed E-state index contributed by atoms with van der Waals surface area (Å²) in [6.45, 7) is 16.4. The van der Waals surface area contributed by atoms with Crippen molar-refractivity contribution in [2.24, 2.45) is 22.7 Å². The van der Waals surface area contributed by atoms with Gasteiger partial charge in [-0.15, -0.1) is 0 Å². The second-order valence-electron chi connectivity index (χ2n) is 8.21. The zero-order valence-electron chi connectivity index (χ0n) is 17.3. The van der Waals surface area contributed by atoms with Gasteiger partial charge in [0.2, 0.25) is 0 Å². The second-order valence-corrected chi connectivity index (χ2v) is 8.21. The summed E-state index contributed by atoms with van der Waals surface area (Å²) in [6.07, 6.45) is 3.94. The maximum atomic E-state index is 4.56. The van der Waals surface area contributed by atoms with E-state index < -0.39 is 0 Å². The Balaban J connectivity index is 1.73. The highest BCUT2D eigenvalue weighted by Gasteiger charge is 2.29. The van der Waals surface area contributed by atoms with Crippen molar-refractivity contribution in [3.8, 4) is 0 Å². The third kappa shape index (κ3) is 6.14. The number of likely N-dealkylation sites (tertiary alicyclic amines) is 1. The zero-order valence-corrected chi connectivity index (χ0v) is 17.3. The van der Waals surface area contributed by atoms with Crippen LogP contribution in [0.25, 0.3) is 0 Å². The van der Waals surface area contributed by atoms with Crippen LogP contribution < -0.4 is 5.32 Å². The smallest absolute Gasteiger partial charge is 0.193 e. The summed E-state index contributed by atoms with van der Waals surface area (Å²) in [5.41, 5.74) is 0. The lowest BCUT2D eigenvalue weighted by molar-refractivity contribution is 0.139. The summed E-state index contributed by atoms with van der Waals surface area (Å²) in [5, 5.41) is 3.64. The van der Waals surface area contributed by atoms with Gasteiger partial charge in [0.1, 0.15) is 0 Å². The molecule has 2 aliphatic heterocycles. The number of rotatable bonds is 7. The largest absolute Gasteiger partial charge is 0.356 e. The monoisotopic (exact) mass is 351 g/mol. The van der Waals surface area contributed by atoms with Gasteiger partial charge in [-0.2, -0.15) is 0 Å². The molecule has 2 heterocycles. The van der Waals surface area contributed by atoms with Gasteiger partial charge < -0.3 is 20.0 Å². The molecular formula is C20H41N5. The van der Waals surface area contributed by atoms with E-state index in [1.54, 1.807) is 0 Å². The van der Waals surface area contributed by atoms with Crippen LogP contribution in [0.4, 0.5) is 0 Å². The van der Waals surface area contributed by atoms with E-state index in [1.165, 1.54) is 58.5 Å². The quantitative estimate of drug-likeness (QED) is 0.563. The first-order valence-electron chi connectivity index (χ1n) is 10.4. The van der Waals surface area contributed by atoms with Crippen molar-refractivity contribution in [3.05, 3.63) is 0 Å². The van der Waals surface area contributed by atoms with Gasteiger partial charge in [-0.05, 0) is 31.2 Å². The molecule has 0 aliphatic carbocycles. The maximum Gasteiger partial charge on any atom is 0.193 e. The lowest BCUT2D eigenvalue weighted by atomic mass is 9.87. The number of hydrogen-bond donors (Lipinski definition) is 1. The van der Waals surface area contributed by atoms with Gasteiger partial charge in [0.05, 0.1) is 0 Å². The van der Waals surface area contributed by atoms with Crippen LogP contribution in [0.5, 0.6) is 0 Å². The van der Waals surface area contributed by atoms with Gasteiger partial charge in [0.25, 0.3) is 0 Å². The van der Waals surface area contributed by atoms with Crippen molar-refractivity contribution >= 4 is 5.96 Å². The number of nitrogens with one attached hydrogen (secondary N) is 1. The molecule has 5 nitrogen and oxygen atoms in total. The summed E-state index contributed by atoms with van der Waals surface area (Å²) >= 11 is 0. The van der Waals surface area contributed by atoms with Gasteiger partial charge in [-0.1, -0.05) is 33.6 Å². The second kappa shape index (κ2) is 10.4. The van der Waals surface area contributed by atoms with Crippen molar-refractivity contribution in [1.29, 1.82) is 0 Å². The molecule has 0 bridgehead atoms. The van der Waals surface area contributed by atoms with Crippen LogP contribution in [0, 0.1) is 17.8 Å². The van der Waals surface area contributed by atoms with E-state index >= 15 is 0 Å². The molecule has 2 atom stereocenters. The first kappa shape index (κ1) is 20.5. The third-order valence-corrected chi connectivity index (χ3v) is 6.23. The predicted molar refractivity (Wildman–Crippen MR) is 108 cm³/mol. The standard InChI is InChI=1S/C20H41N5/c1-6-18(7-2)19-8-9-25(16-19)20(21-4)22-14-17(3)15-24-12-10-23(5)11-13-24/h17-19H,6-16H2,1-5H3,(H,21,22). The molecule has 2 rings (SSSR count). The van der Waals surface area contributed by atoms with Crippen LogP contribution >= 0.6 is 0 Å². The molecule has 1 N–H and O–H groups in total. The molecule has 0 aromatic carbocycles. The first-order valence-corrected chi connectivity index (χ1v) is 10.4. The Bertz CT molecular complexity index is 399. The van der Waals surface area contributed by atoms with E-state index in [4.69, 9.17) is 0 Å². The highest BCUT2D eigenvalue weighted by molar-refractivity contribution is 5.80. The molecule has 2 unspecified atom stereocenters. The fourth-order valence-electron chi connectivity index (χ4n) is 4.45. The summed E-state index contributed by atoms with van der Waals surface area (Å²) in [7, 11) is 4.15. The lowest BCUT2D eigenvalue weighted by Crippen LogP contribution is -2.48. The van der Waals surface area contributed by atoms with Gasteiger partial charge in [-0.3, -0.25) is 4.99 Å². The molecular weight excluding hydrogens is 310 g/mol. The molecule has 2 aliphatic rings. The van der Waals surface area contributed by atoms with Gasteiger partial charge in [0.15, 0.2) is 5.96 Å². The number of likely N-dealkylation sites (N-methyl/N-ethyl adjacent to an activating group) is 1. The molecule has 2 saturated heterocycles. The van der Waals surface area contributed by atoms with Crippen molar-refractivity contribution in [3.63, 3.8) is 0 Å². The van der Waals surface area contributed by atoms with Crippen LogP contribution in [-0.2, 0) is 0 Å². The average Bonchev–Trinajstić information content (AvgIpc) is 3.08. The minimum absolute atomic E-state index is 0.651. The van der Waals surface area contributed by atoms with E-state index in [1.807, 2.05) is 7.05 Å².